The molecule has 0 radical (unpaired) electrons. The maximum Gasteiger partial charge on any atom is 0.217 e. The second kappa shape index (κ2) is 5.80. The smallest absolute Gasteiger partial charge is 0.217 e. The van der Waals surface area contributed by atoms with E-state index < -0.39 is 0 Å². The highest BCUT2D eigenvalue weighted by Gasteiger charge is 2.48. The summed E-state index contributed by atoms with van der Waals surface area (Å²) >= 11 is 0. The number of hydrogen-bond donors (Lipinski definition) is 1. The van der Waals surface area contributed by atoms with E-state index in [9.17, 15) is 9.18 Å². The molecule has 1 aliphatic rings. The minimum Gasteiger partial charge on any atom is -0.356 e. The first-order valence-corrected chi connectivity index (χ1v) is 7.85. The van der Waals surface area contributed by atoms with Gasteiger partial charge in [-0.25, -0.2) is 4.39 Å². The quantitative estimate of drug-likeness (QED) is 0.938. The Hall–Kier alpha value is -2.17. The Bertz CT molecular complexity index is 706. The lowest BCUT2D eigenvalue weighted by Gasteiger charge is -2.52. The first-order chi connectivity index (χ1) is 10.9. The Balaban J connectivity index is 1.66. The van der Waals surface area contributed by atoms with Gasteiger partial charge in [0.25, 0.3) is 0 Å². The maximum absolute atomic E-state index is 13.0. The number of aromatic nitrogens is 1. The second-order valence-electron chi connectivity index (χ2n) is 6.90. The van der Waals surface area contributed by atoms with Crippen LogP contribution in [0.3, 0.4) is 0 Å². The van der Waals surface area contributed by atoms with E-state index in [0.29, 0.717) is 11.7 Å². The molecule has 23 heavy (non-hydrogen) atoms. The summed E-state index contributed by atoms with van der Waals surface area (Å²) in [5.41, 5.74) is 1.75. The summed E-state index contributed by atoms with van der Waals surface area (Å²) in [6.45, 7) is 5.89. The molecular weight excluding hydrogens is 295 g/mol. The molecule has 122 valence electrons. The topological polar surface area (TPSA) is 55.1 Å². The average molecular weight is 316 g/mol. The molecule has 1 aromatic carbocycles. The highest BCUT2D eigenvalue weighted by molar-refractivity contribution is 5.73. The minimum absolute atomic E-state index is 0.0153. The number of rotatable bonds is 4. The molecule has 2 aromatic rings. The van der Waals surface area contributed by atoms with Crippen LogP contribution in [0.25, 0.3) is 11.3 Å². The standard InChI is InChI=1S/C18H21FN2O2/c1-11(22)20-17-9-13(18(17,2)3)8-15-10-16(23-21-15)12-4-6-14(19)7-5-12/h4-7,10,13,17H,8-9H2,1-3H3,(H,20,22)/t13-,17+/m1/s1. The van der Waals surface area contributed by atoms with E-state index in [1.807, 2.05) is 6.07 Å². The van der Waals surface area contributed by atoms with Crippen LogP contribution in [0.4, 0.5) is 4.39 Å². The van der Waals surface area contributed by atoms with Gasteiger partial charge in [-0.3, -0.25) is 4.79 Å². The number of benzene rings is 1. The Morgan fingerprint density at radius 3 is 2.70 bits per heavy atom. The zero-order valence-electron chi connectivity index (χ0n) is 13.6. The van der Waals surface area contributed by atoms with Crippen molar-refractivity contribution in [1.82, 2.24) is 10.5 Å². The van der Waals surface area contributed by atoms with E-state index >= 15 is 0 Å². The summed E-state index contributed by atoms with van der Waals surface area (Å²) < 4.78 is 18.3. The number of hydrogen-bond acceptors (Lipinski definition) is 3. The lowest BCUT2D eigenvalue weighted by Crippen LogP contribution is -2.58. The monoisotopic (exact) mass is 316 g/mol. The zero-order chi connectivity index (χ0) is 16.6. The number of amides is 1. The van der Waals surface area contributed by atoms with Crippen molar-refractivity contribution in [3.63, 3.8) is 0 Å². The average Bonchev–Trinajstić information content (AvgIpc) is 2.95. The van der Waals surface area contributed by atoms with E-state index in [4.69, 9.17) is 4.52 Å². The second-order valence-corrected chi connectivity index (χ2v) is 6.90. The van der Waals surface area contributed by atoms with Gasteiger partial charge >= 0.3 is 0 Å². The van der Waals surface area contributed by atoms with Gasteiger partial charge in [0, 0.05) is 24.6 Å². The van der Waals surface area contributed by atoms with E-state index in [1.165, 1.54) is 12.1 Å². The van der Waals surface area contributed by atoms with Gasteiger partial charge in [-0.2, -0.15) is 0 Å². The van der Waals surface area contributed by atoms with Crippen LogP contribution < -0.4 is 5.32 Å². The van der Waals surface area contributed by atoms with Gasteiger partial charge in [0.1, 0.15) is 5.82 Å². The normalized spacial score (nSPS) is 22.4. The van der Waals surface area contributed by atoms with Gasteiger partial charge < -0.3 is 9.84 Å². The van der Waals surface area contributed by atoms with Crippen LogP contribution in [0.5, 0.6) is 0 Å². The van der Waals surface area contributed by atoms with Crippen molar-refractivity contribution < 1.29 is 13.7 Å². The Morgan fingerprint density at radius 1 is 1.39 bits per heavy atom. The molecule has 0 bridgehead atoms. The molecule has 1 aromatic heterocycles. The summed E-state index contributed by atoms with van der Waals surface area (Å²) in [6.07, 6.45) is 1.76. The molecule has 1 aliphatic carbocycles. The van der Waals surface area contributed by atoms with Crippen molar-refractivity contribution in [2.24, 2.45) is 11.3 Å². The van der Waals surface area contributed by atoms with Gasteiger partial charge in [-0.05, 0) is 48.4 Å². The fourth-order valence-corrected chi connectivity index (χ4v) is 3.26. The van der Waals surface area contributed by atoms with E-state index in [0.717, 1.165) is 24.1 Å². The molecule has 2 atom stereocenters. The highest BCUT2D eigenvalue weighted by Crippen LogP contribution is 2.47. The molecule has 0 spiro atoms. The minimum atomic E-state index is -0.270. The van der Waals surface area contributed by atoms with E-state index in [1.54, 1.807) is 19.1 Å². The summed E-state index contributed by atoms with van der Waals surface area (Å²) in [5.74, 6) is 0.844. The van der Waals surface area contributed by atoms with Crippen LogP contribution in [0.1, 0.15) is 32.9 Å². The largest absolute Gasteiger partial charge is 0.356 e. The van der Waals surface area contributed by atoms with Crippen molar-refractivity contribution in [3.8, 4) is 11.3 Å². The first kappa shape index (κ1) is 15.7. The van der Waals surface area contributed by atoms with Crippen molar-refractivity contribution in [2.45, 2.75) is 39.7 Å². The van der Waals surface area contributed by atoms with E-state index in [2.05, 4.69) is 24.3 Å². The van der Waals surface area contributed by atoms with Gasteiger partial charge in [0.15, 0.2) is 5.76 Å². The van der Waals surface area contributed by atoms with Crippen molar-refractivity contribution in [1.29, 1.82) is 0 Å². The predicted molar refractivity (Wildman–Crippen MR) is 85.1 cm³/mol. The molecule has 3 rings (SSSR count). The van der Waals surface area contributed by atoms with Crippen LogP contribution in [-0.4, -0.2) is 17.1 Å². The van der Waals surface area contributed by atoms with Crippen LogP contribution >= 0.6 is 0 Å². The van der Waals surface area contributed by atoms with Crippen LogP contribution in [0.2, 0.25) is 0 Å². The zero-order valence-corrected chi connectivity index (χ0v) is 13.6. The van der Waals surface area contributed by atoms with Crippen LogP contribution in [0.15, 0.2) is 34.9 Å². The van der Waals surface area contributed by atoms with Crippen LogP contribution in [0, 0.1) is 17.2 Å². The van der Waals surface area contributed by atoms with Crippen LogP contribution in [-0.2, 0) is 11.2 Å². The van der Waals surface area contributed by atoms with Crippen molar-refractivity contribution in [3.05, 3.63) is 41.8 Å². The lowest BCUT2D eigenvalue weighted by molar-refractivity contribution is -0.123. The lowest BCUT2D eigenvalue weighted by atomic mass is 9.57. The number of nitrogens with one attached hydrogen (secondary N) is 1. The van der Waals surface area contributed by atoms with Gasteiger partial charge in [-0.1, -0.05) is 19.0 Å². The van der Waals surface area contributed by atoms with Crippen molar-refractivity contribution >= 4 is 5.91 Å². The van der Waals surface area contributed by atoms with Gasteiger partial charge in [0.05, 0.1) is 5.69 Å². The molecule has 1 heterocycles. The number of nitrogens with zero attached hydrogens (tertiary/aromatic N) is 1. The number of carbonyl (C=O) groups is 1. The molecule has 1 amide bonds. The van der Waals surface area contributed by atoms with Gasteiger partial charge in [0.2, 0.25) is 5.91 Å². The molecule has 1 N–H and O–H groups in total. The Morgan fingerprint density at radius 2 is 2.09 bits per heavy atom. The predicted octanol–water partition coefficient (Wildman–Crippen LogP) is 3.57. The molecule has 0 unspecified atom stereocenters. The molecule has 1 saturated carbocycles. The van der Waals surface area contributed by atoms with Gasteiger partial charge in [-0.15, -0.1) is 0 Å². The summed E-state index contributed by atoms with van der Waals surface area (Å²) in [4.78, 5) is 11.2. The van der Waals surface area contributed by atoms with Crippen molar-refractivity contribution in [2.75, 3.05) is 0 Å². The highest BCUT2D eigenvalue weighted by atomic mass is 19.1. The third-order valence-corrected chi connectivity index (χ3v) is 4.99. The molecule has 0 saturated heterocycles. The summed E-state index contributed by atoms with van der Waals surface area (Å²) in [7, 11) is 0. The fourth-order valence-electron chi connectivity index (χ4n) is 3.26. The maximum atomic E-state index is 13.0. The Labute approximate surface area is 135 Å². The fraction of sp³-hybridized carbons (Fsp3) is 0.444. The Kier molecular flexibility index (Phi) is 3.96. The first-order valence-electron chi connectivity index (χ1n) is 7.85. The molecule has 1 fully saturated rings. The molecule has 5 heteroatoms. The molecule has 0 aliphatic heterocycles. The molecular formula is C18H21FN2O2. The summed E-state index contributed by atoms with van der Waals surface area (Å²) in [5, 5.41) is 7.14. The number of halogens is 1. The third kappa shape index (κ3) is 3.14. The SMILES string of the molecule is CC(=O)N[C@H]1C[C@@H](Cc2cc(-c3ccc(F)cc3)on2)C1(C)C. The third-order valence-electron chi connectivity index (χ3n) is 4.99. The summed E-state index contributed by atoms with van der Waals surface area (Å²) in [6, 6.07) is 8.30. The number of carbonyl (C=O) groups excluding carboxylic acids is 1. The van der Waals surface area contributed by atoms with E-state index in [-0.39, 0.29) is 23.2 Å². The molecule has 4 nitrogen and oxygen atoms in total.